The molecular formula is C15H26N2OS. The van der Waals surface area contributed by atoms with E-state index >= 15 is 0 Å². The minimum Gasteiger partial charge on any atom is -0.384 e. The Morgan fingerprint density at radius 3 is 3.21 bits per heavy atom. The maximum absolute atomic E-state index is 5.30. The maximum Gasteiger partial charge on any atom is 0.0502 e. The summed E-state index contributed by atoms with van der Waals surface area (Å²) >= 11 is 1.82. The second kappa shape index (κ2) is 8.00. The molecule has 0 radical (unpaired) electrons. The SMILES string of the molecule is COCC1CCCN(C(C)CNCc2cccs2)C1. The standard InChI is InChI=1S/C15H26N2OS/c1-13(9-16-10-15-6-4-8-19-15)17-7-3-5-14(11-17)12-18-2/h4,6,8,13-14,16H,3,5,7,9-12H2,1-2H3. The molecule has 0 bridgehead atoms. The molecule has 4 heteroatoms. The van der Waals surface area contributed by atoms with Crippen molar-refractivity contribution in [1.82, 2.24) is 10.2 Å². The van der Waals surface area contributed by atoms with Crippen LogP contribution in [0, 0.1) is 5.92 Å². The van der Waals surface area contributed by atoms with Crippen LogP contribution >= 0.6 is 11.3 Å². The summed E-state index contributed by atoms with van der Waals surface area (Å²) in [5.74, 6) is 0.721. The van der Waals surface area contributed by atoms with Crippen molar-refractivity contribution in [2.75, 3.05) is 33.4 Å². The Balaban J connectivity index is 1.68. The molecule has 1 aliphatic rings. The van der Waals surface area contributed by atoms with Gasteiger partial charge in [0.1, 0.15) is 0 Å². The molecule has 0 spiro atoms. The summed E-state index contributed by atoms with van der Waals surface area (Å²) in [6, 6.07) is 4.92. The number of hydrogen-bond acceptors (Lipinski definition) is 4. The van der Waals surface area contributed by atoms with Crippen LogP contribution in [0.5, 0.6) is 0 Å². The van der Waals surface area contributed by atoms with Gasteiger partial charge in [-0.2, -0.15) is 0 Å². The first-order chi connectivity index (χ1) is 9.29. The van der Waals surface area contributed by atoms with Gasteiger partial charge in [0.15, 0.2) is 0 Å². The first-order valence-electron chi connectivity index (χ1n) is 7.25. The predicted molar refractivity (Wildman–Crippen MR) is 81.7 cm³/mol. The van der Waals surface area contributed by atoms with E-state index < -0.39 is 0 Å². The van der Waals surface area contributed by atoms with Crippen LogP contribution in [0.2, 0.25) is 0 Å². The fraction of sp³-hybridized carbons (Fsp3) is 0.733. The number of likely N-dealkylation sites (tertiary alicyclic amines) is 1. The molecule has 0 aromatic carbocycles. The van der Waals surface area contributed by atoms with E-state index in [2.05, 4.69) is 34.7 Å². The summed E-state index contributed by atoms with van der Waals surface area (Å²) in [5.41, 5.74) is 0. The van der Waals surface area contributed by atoms with Crippen molar-refractivity contribution in [3.63, 3.8) is 0 Å². The van der Waals surface area contributed by atoms with Crippen molar-refractivity contribution >= 4 is 11.3 Å². The van der Waals surface area contributed by atoms with Crippen LogP contribution in [0.1, 0.15) is 24.6 Å². The average Bonchev–Trinajstić information content (AvgIpc) is 2.92. The van der Waals surface area contributed by atoms with Crippen LogP contribution in [0.3, 0.4) is 0 Å². The number of piperidine rings is 1. The molecule has 1 N–H and O–H groups in total. The van der Waals surface area contributed by atoms with Gasteiger partial charge in [-0.3, -0.25) is 4.90 Å². The van der Waals surface area contributed by atoms with Crippen molar-refractivity contribution in [3.05, 3.63) is 22.4 Å². The summed E-state index contributed by atoms with van der Waals surface area (Å²) in [4.78, 5) is 4.03. The zero-order chi connectivity index (χ0) is 13.5. The van der Waals surface area contributed by atoms with Crippen molar-refractivity contribution < 1.29 is 4.74 Å². The number of ether oxygens (including phenoxy) is 1. The number of nitrogens with zero attached hydrogens (tertiary/aromatic N) is 1. The Morgan fingerprint density at radius 1 is 1.58 bits per heavy atom. The van der Waals surface area contributed by atoms with Gasteiger partial charge in [0.2, 0.25) is 0 Å². The molecule has 1 fully saturated rings. The second-order valence-corrected chi connectivity index (χ2v) is 6.55. The van der Waals surface area contributed by atoms with Crippen molar-refractivity contribution in [3.8, 4) is 0 Å². The minimum absolute atomic E-state index is 0.611. The molecule has 1 aromatic rings. The fourth-order valence-corrected chi connectivity index (χ4v) is 3.49. The van der Waals surface area contributed by atoms with E-state index in [1.165, 1.54) is 30.8 Å². The lowest BCUT2D eigenvalue weighted by Gasteiger charge is -2.36. The Hall–Kier alpha value is -0.420. The molecule has 19 heavy (non-hydrogen) atoms. The van der Waals surface area contributed by atoms with E-state index in [1.807, 2.05) is 18.4 Å². The highest BCUT2D eigenvalue weighted by molar-refractivity contribution is 7.09. The normalized spacial score (nSPS) is 22.5. The lowest BCUT2D eigenvalue weighted by Crippen LogP contribution is -2.46. The Morgan fingerprint density at radius 2 is 2.47 bits per heavy atom. The van der Waals surface area contributed by atoms with Gasteiger partial charge < -0.3 is 10.1 Å². The number of methoxy groups -OCH3 is 1. The van der Waals surface area contributed by atoms with Crippen molar-refractivity contribution in [2.24, 2.45) is 5.92 Å². The van der Waals surface area contributed by atoms with Crippen LogP contribution in [-0.2, 0) is 11.3 Å². The summed E-state index contributed by atoms with van der Waals surface area (Å²) in [7, 11) is 1.81. The van der Waals surface area contributed by atoms with Gasteiger partial charge in [-0.15, -0.1) is 11.3 Å². The third-order valence-electron chi connectivity index (χ3n) is 3.90. The number of hydrogen-bond donors (Lipinski definition) is 1. The zero-order valence-corrected chi connectivity index (χ0v) is 12.9. The van der Waals surface area contributed by atoms with Gasteiger partial charge in [-0.25, -0.2) is 0 Å². The molecule has 3 nitrogen and oxygen atoms in total. The smallest absolute Gasteiger partial charge is 0.0502 e. The number of rotatable bonds is 7. The fourth-order valence-electron chi connectivity index (χ4n) is 2.82. The highest BCUT2D eigenvalue weighted by Gasteiger charge is 2.23. The second-order valence-electron chi connectivity index (χ2n) is 5.52. The van der Waals surface area contributed by atoms with E-state index in [0.717, 1.165) is 25.6 Å². The van der Waals surface area contributed by atoms with Crippen molar-refractivity contribution in [1.29, 1.82) is 0 Å². The van der Waals surface area contributed by atoms with Gasteiger partial charge in [-0.1, -0.05) is 6.07 Å². The summed E-state index contributed by atoms with van der Waals surface area (Å²) in [6.07, 6.45) is 2.63. The first kappa shape index (κ1) is 15.0. The highest BCUT2D eigenvalue weighted by atomic mass is 32.1. The van der Waals surface area contributed by atoms with Gasteiger partial charge >= 0.3 is 0 Å². The lowest BCUT2D eigenvalue weighted by atomic mass is 9.98. The molecule has 2 unspecified atom stereocenters. The van der Waals surface area contributed by atoms with Crippen LogP contribution in [0.15, 0.2) is 17.5 Å². The maximum atomic E-state index is 5.30. The zero-order valence-electron chi connectivity index (χ0n) is 12.1. The lowest BCUT2D eigenvalue weighted by molar-refractivity contribution is 0.0720. The summed E-state index contributed by atoms with van der Waals surface area (Å²) in [6.45, 7) is 7.73. The topological polar surface area (TPSA) is 24.5 Å². The molecule has 2 rings (SSSR count). The average molecular weight is 282 g/mol. The molecule has 2 heterocycles. The molecule has 1 aromatic heterocycles. The largest absolute Gasteiger partial charge is 0.384 e. The molecule has 0 saturated carbocycles. The van der Waals surface area contributed by atoms with Crippen LogP contribution in [0.25, 0.3) is 0 Å². The molecule has 1 saturated heterocycles. The first-order valence-corrected chi connectivity index (χ1v) is 8.13. The highest BCUT2D eigenvalue weighted by Crippen LogP contribution is 2.18. The van der Waals surface area contributed by atoms with Gasteiger partial charge in [0.05, 0.1) is 6.61 Å². The monoisotopic (exact) mass is 282 g/mol. The molecule has 2 atom stereocenters. The van der Waals surface area contributed by atoms with Crippen LogP contribution in [0.4, 0.5) is 0 Å². The van der Waals surface area contributed by atoms with Crippen molar-refractivity contribution in [2.45, 2.75) is 32.4 Å². The number of thiophene rings is 1. The van der Waals surface area contributed by atoms with E-state index in [-0.39, 0.29) is 0 Å². The van der Waals surface area contributed by atoms with E-state index in [9.17, 15) is 0 Å². The Labute approximate surface area is 121 Å². The Kier molecular flexibility index (Phi) is 6.31. The molecule has 108 valence electrons. The van der Waals surface area contributed by atoms with Gasteiger partial charge in [0, 0.05) is 37.7 Å². The van der Waals surface area contributed by atoms with Crippen LogP contribution in [-0.4, -0.2) is 44.3 Å². The third kappa shape index (κ3) is 4.88. The molecule has 0 amide bonds. The predicted octanol–water partition coefficient (Wildman–Crippen LogP) is 2.58. The third-order valence-corrected chi connectivity index (χ3v) is 4.77. The van der Waals surface area contributed by atoms with Crippen LogP contribution < -0.4 is 5.32 Å². The Bertz CT molecular complexity index is 340. The van der Waals surface area contributed by atoms with E-state index in [1.54, 1.807) is 0 Å². The van der Waals surface area contributed by atoms with E-state index in [4.69, 9.17) is 4.74 Å². The molecule has 1 aliphatic heterocycles. The van der Waals surface area contributed by atoms with E-state index in [0.29, 0.717) is 6.04 Å². The minimum atomic E-state index is 0.611. The molecule has 0 aliphatic carbocycles. The number of nitrogens with one attached hydrogen (secondary N) is 1. The van der Waals surface area contributed by atoms with Gasteiger partial charge in [-0.05, 0) is 43.7 Å². The summed E-state index contributed by atoms with van der Waals surface area (Å²) in [5, 5.41) is 5.71. The summed E-state index contributed by atoms with van der Waals surface area (Å²) < 4.78 is 5.30. The van der Waals surface area contributed by atoms with Gasteiger partial charge in [0.25, 0.3) is 0 Å². The molecular weight excluding hydrogens is 256 g/mol. The quantitative estimate of drug-likeness (QED) is 0.832.